The van der Waals surface area contributed by atoms with Crippen LogP contribution >= 0.6 is 0 Å². The molecule has 1 aliphatic rings. The summed E-state index contributed by atoms with van der Waals surface area (Å²) in [6, 6.07) is 26.8. The van der Waals surface area contributed by atoms with Crippen molar-refractivity contribution in [3.63, 3.8) is 0 Å². The van der Waals surface area contributed by atoms with Gasteiger partial charge in [-0.25, -0.2) is 0 Å². The second kappa shape index (κ2) is 6.01. The van der Waals surface area contributed by atoms with E-state index in [0.29, 0.717) is 0 Å². The fourth-order valence-electron chi connectivity index (χ4n) is 2.89. The highest BCUT2D eigenvalue weighted by molar-refractivity contribution is 5.76. The third kappa shape index (κ3) is 2.71. The Bertz CT molecular complexity index is 892. The maximum absolute atomic E-state index is 4.52. The minimum Gasteiger partial charge on any atom is -0.150 e. The molecule has 0 N–H and O–H groups in total. The predicted molar refractivity (Wildman–Crippen MR) is 94.5 cm³/mol. The van der Waals surface area contributed by atoms with Gasteiger partial charge >= 0.3 is 0 Å². The molecule has 0 spiro atoms. The Balaban J connectivity index is 1.69. The molecule has 0 unspecified atom stereocenters. The second-order valence-electron chi connectivity index (χ2n) is 5.53. The zero-order chi connectivity index (χ0) is 15.5. The number of allylic oxidation sites excluding steroid dienone is 1. The Kier molecular flexibility index (Phi) is 3.57. The molecule has 0 aromatic heterocycles. The van der Waals surface area contributed by atoms with Crippen LogP contribution in [-0.4, -0.2) is 0 Å². The van der Waals surface area contributed by atoms with E-state index in [2.05, 4.69) is 52.7 Å². The summed E-state index contributed by atoms with van der Waals surface area (Å²) < 4.78 is 0. The van der Waals surface area contributed by atoms with Gasteiger partial charge < -0.3 is 0 Å². The maximum Gasteiger partial charge on any atom is 0.0935 e. The molecule has 0 bridgehead atoms. The summed E-state index contributed by atoms with van der Waals surface area (Å²) in [5, 5.41) is 9.03. The first kappa shape index (κ1) is 13.6. The molecule has 3 aromatic carbocycles. The standard InChI is InChI=1S/C21H16N2/c1-2-8-16(9-3-1)18-12-6-7-13-20(18)22-23-21-15-14-17-10-4-5-11-19(17)21/h1-13,15H,14H2. The topological polar surface area (TPSA) is 24.7 Å². The van der Waals surface area contributed by atoms with Gasteiger partial charge in [0, 0.05) is 11.1 Å². The number of nitrogens with zero attached hydrogens (tertiary/aromatic N) is 2. The highest BCUT2D eigenvalue weighted by Crippen LogP contribution is 2.33. The van der Waals surface area contributed by atoms with Crippen LogP contribution in [0, 0.1) is 0 Å². The fourth-order valence-corrected chi connectivity index (χ4v) is 2.89. The molecule has 0 radical (unpaired) electrons. The number of rotatable bonds is 3. The van der Waals surface area contributed by atoms with Crippen LogP contribution in [-0.2, 0) is 6.42 Å². The molecular weight excluding hydrogens is 280 g/mol. The summed E-state index contributed by atoms with van der Waals surface area (Å²) in [6.07, 6.45) is 3.07. The van der Waals surface area contributed by atoms with E-state index in [1.54, 1.807) is 0 Å². The van der Waals surface area contributed by atoms with Crippen molar-refractivity contribution in [1.82, 2.24) is 0 Å². The van der Waals surface area contributed by atoms with E-state index in [-0.39, 0.29) is 0 Å². The van der Waals surface area contributed by atoms with Crippen molar-refractivity contribution in [3.8, 4) is 11.1 Å². The second-order valence-corrected chi connectivity index (χ2v) is 5.53. The Labute approximate surface area is 135 Å². The van der Waals surface area contributed by atoms with Crippen molar-refractivity contribution in [1.29, 1.82) is 0 Å². The van der Waals surface area contributed by atoms with Crippen LogP contribution in [0.15, 0.2) is 95.2 Å². The van der Waals surface area contributed by atoms with Crippen molar-refractivity contribution >= 4 is 11.4 Å². The molecule has 2 heteroatoms. The van der Waals surface area contributed by atoms with Crippen molar-refractivity contribution in [3.05, 3.63) is 96.1 Å². The lowest BCUT2D eigenvalue weighted by molar-refractivity contribution is 1.24. The van der Waals surface area contributed by atoms with Gasteiger partial charge in [-0.2, -0.15) is 5.11 Å². The van der Waals surface area contributed by atoms with Crippen molar-refractivity contribution < 1.29 is 0 Å². The van der Waals surface area contributed by atoms with Gasteiger partial charge in [-0.3, -0.25) is 0 Å². The predicted octanol–water partition coefficient (Wildman–Crippen LogP) is 6.03. The van der Waals surface area contributed by atoms with Crippen molar-refractivity contribution in [2.45, 2.75) is 6.42 Å². The normalized spacial score (nSPS) is 13.1. The number of hydrogen-bond donors (Lipinski definition) is 0. The molecule has 3 aromatic rings. The largest absolute Gasteiger partial charge is 0.150 e. The lowest BCUT2D eigenvalue weighted by Crippen LogP contribution is -1.81. The molecule has 0 saturated heterocycles. The Morgan fingerprint density at radius 1 is 0.609 bits per heavy atom. The minimum atomic E-state index is 0.893. The lowest BCUT2D eigenvalue weighted by atomic mass is 10.0. The number of azo groups is 1. The van der Waals surface area contributed by atoms with Crippen LogP contribution in [0.1, 0.15) is 11.1 Å². The third-order valence-electron chi connectivity index (χ3n) is 4.06. The maximum atomic E-state index is 4.52. The molecule has 0 fully saturated rings. The van der Waals surface area contributed by atoms with Gasteiger partial charge in [0.05, 0.1) is 11.4 Å². The SMILES string of the molecule is C1=C(N=Nc2ccccc2-c2ccccc2)c2ccccc2C1. The Hall–Kier alpha value is -3.00. The molecule has 0 atom stereocenters. The minimum absolute atomic E-state index is 0.893. The van der Waals surface area contributed by atoms with Gasteiger partial charge in [-0.1, -0.05) is 78.9 Å². The first-order chi connectivity index (χ1) is 11.4. The van der Waals surface area contributed by atoms with Crippen molar-refractivity contribution in [2.24, 2.45) is 10.2 Å². The van der Waals surface area contributed by atoms with Crippen LogP contribution in [0.25, 0.3) is 16.8 Å². The van der Waals surface area contributed by atoms with Gasteiger partial charge in [0.1, 0.15) is 0 Å². The highest BCUT2D eigenvalue weighted by atomic mass is 15.1. The number of fused-ring (bicyclic) bond motifs is 1. The molecule has 0 aliphatic heterocycles. The van der Waals surface area contributed by atoms with Crippen molar-refractivity contribution in [2.75, 3.05) is 0 Å². The Morgan fingerprint density at radius 3 is 2.17 bits per heavy atom. The average molecular weight is 296 g/mol. The van der Waals surface area contributed by atoms with E-state index >= 15 is 0 Å². The summed E-state index contributed by atoms with van der Waals surface area (Å²) in [5.41, 5.74) is 6.62. The molecule has 1 aliphatic carbocycles. The smallest absolute Gasteiger partial charge is 0.0935 e. The first-order valence-corrected chi connectivity index (χ1v) is 7.76. The number of benzene rings is 3. The van der Waals surface area contributed by atoms with E-state index < -0.39 is 0 Å². The molecule has 23 heavy (non-hydrogen) atoms. The quantitative estimate of drug-likeness (QED) is 0.527. The summed E-state index contributed by atoms with van der Waals surface area (Å²) >= 11 is 0. The van der Waals surface area contributed by atoms with E-state index in [9.17, 15) is 0 Å². The molecule has 4 rings (SSSR count). The molecule has 2 nitrogen and oxygen atoms in total. The van der Waals surface area contributed by atoms with Crippen LogP contribution < -0.4 is 0 Å². The lowest BCUT2D eigenvalue weighted by Gasteiger charge is -2.05. The molecule has 0 heterocycles. The van der Waals surface area contributed by atoms with E-state index in [4.69, 9.17) is 0 Å². The summed E-state index contributed by atoms with van der Waals surface area (Å²) in [7, 11) is 0. The highest BCUT2D eigenvalue weighted by Gasteiger charge is 2.12. The monoisotopic (exact) mass is 296 g/mol. The zero-order valence-corrected chi connectivity index (χ0v) is 12.7. The summed E-state index contributed by atoms with van der Waals surface area (Å²) in [4.78, 5) is 0. The third-order valence-corrected chi connectivity index (χ3v) is 4.06. The number of hydrogen-bond acceptors (Lipinski definition) is 2. The van der Waals surface area contributed by atoms with Gasteiger partial charge in [0.15, 0.2) is 0 Å². The molecule has 110 valence electrons. The van der Waals surface area contributed by atoms with Crippen LogP contribution in [0.3, 0.4) is 0 Å². The van der Waals surface area contributed by atoms with Gasteiger partial charge in [-0.05, 0) is 23.6 Å². The zero-order valence-electron chi connectivity index (χ0n) is 12.7. The van der Waals surface area contributed by atoms with Gasteiger partial charge in [0.25, 0.3) is 0 Å². The van der Waals surface area contributed by atoms with Crippen LogP contribution in [0.2, 0.25) is 0 Å². The van der Waals surface area contributed by atoms with E-state index in [0.717, 1.165) is 28.9 Å². The Morgan fingerprint density at radius 2 is 1.30 bits per heavy atom. The average Bonchev–Trinajstić information content (AvgIpc) is 3.04. The fraction of sp³-hybridized carbons (Fsp3) is 0.0476. The van der Waals surface area contributed by atoms with Crippen LogP contribution in [0.4, 0.5) is 5.69 Å². The molecule has 0 amide bonds. The molecular formula is C21H16N2. The van der Waals surface area contributed by atoms with E-state index in [1.165, 1.54) is 11.1 Å². The summed E-state index contributed by atoms with van der Waals surface area (Å²) in [5.74, 6) is 0. The van der Waals surface area contributed by atoms with Gasteiger partial charge in [-0.15, -0.1) is 5.11 Å². The van der Waals surface area contributed by atoms with Crippen LogP contribution in [0.5, 0.6) is 0 Å². The first-order valence-electron chi connectivity index (χ1n) is 7.76. The summed E-state index contributed by atoms with van der Waals surface area (Å²) in [6.45, 7) is 0. The molecule has 0 saturated carbocycles. The van der Waals surface area contributed by atoms with Gasteiger partial charge in [0.2, 0.25) is 0 Å². The van der Waals surface area contributed by atoms with E-state index in [1.807, 2.05) is 42.5 Å².